The molecule has 0 radical (unpaired) electrons. The van der Waals surface area contributed by atoms with E-state index >= 15 is 0 Å². The maximum absolute atomic E-state index is 14.2. The molecule has 0 unspecified atom stereocenters. The molecule has 212 valence electrons. The van der Waals surface area contributed by atoms with E-state index in [2.05, 4.69) is 27.9 Å². The molecule has 4 rings (SSSR count). The lowest BCUT2D eigenvalue weighted by molar-refractivity contribution is -0.139. The summed E-state index contributed by atoms with van der Waals surface area (Å²) in [5, 5.41) is 3.11. The quantitative estimate of drug-likeness (QED) is 0.209. The van der Waals surface area contributed by atoms with Crippen LogP contribution in [0.1, 0.15) is 11.1 Å². The van der Waals surface area contributed by atoms with Crippen LogP contribution in [-0.4, -0.2) is 44.8 Å². The lowest BCUT2D eigenvalue weighted by Gasteiger charge is -2.33. The van der Waals surface area contributed by atoms with Gasteiger partial charge in [0.1, 0.15) is 12.6 Å². The Balaban J connectivity index is 1.78. The standard InChI is InChI=1S/C31H29ClIN3O4S/c1-34-31(38)29(20-23-10-4-2-5-11-23)35(21-24-12-8-9-15-28(24)32)30(37)22-36(26-18-16-25(33)17-19-26)41(39,40)27-13-6-3-7-14-27/h2-19,29H,20-22H2,1H3,(H,34,38)/t29-/m1/s1. The highest BCUT2D eigenvalue weighted by Gasteiger charge is 2.34. The molecule has 7 nitrogen and oxygen atoms in total. The smallest absolute Gasteiger partial charge is 0.264 e. The molecular weight excluding hydrogens is 673 g/mol. The fourth-order valence-corrected chi connectivity index (χ4v) is 6.38. The number of carbonyl (C=O) groups is 2. The summed E-state index contributed by atoms with van der Waals surface area (Å²) in [6.45, 7) is -0.514. The molecule has 0 aliphatic rings. The first-order valence-electron chi connectivity index (χ1n) is 12.8. The number of benzene rings is 4. The average Bonchev–Trinajstić information content (AvgIpc) is 2.99. The van der Waals surface area contributed by atoms with Crippen LogP contribution in [-0.2, 0) is 32.6 Å². The monoisotopic (exact) mass is 701 g/mol. The minimum atomic E-state index is -4.13. The molecule has 4 aromatic carbocycles. The fraction of sp³-hybridized carbons (Fsp3) is 0.161. The third-order valence-corrected chi connectivity index (χ3v) is 9.42. The Kier molecular flexibility index (Phi) is 10.4. The van der Waals surface area contributed by atoms with Crippen molar-refractivity contribution in [1.29, 1.82) is 0 Å². The van der Waals surface area contributed by atoms with Crippen LogP contribution < -0.4 is 9.62 Å². The van der Waals surface area contributed by atoms with Gasteiger partial charge >= 0.3 is 0 Å². The molecule has 0 heterocycles. The van der Waals surface area contributed by atoms with Crippen LogP contribution in [0, 0.1) is 3.57 Å². The summed E-state index contributed by atoms with van der Waals surface area (Å²) >= 11 is 8.61. The lowest BCUT2D eigenvalue weighted by atomic mass is 10.0. The van der Waals surface area contributed by atoms with Crippen molar-refractivity contribution in [3.05, 3.63) is 129 Å². The molecule has 4 aromatic rings. The number of amides is 2. The summed E-state index contributed by atoms with van der Waals surface area (Å²) in [5.74, 6) is -0.923. The van der Waals surface area contributed by atoms with Gasteiger partial charge in [0.15, 0.2) is 0 Å². The van der Waals surface area contributed by atoms with Crippen LogP contribution in [0.15, 0.2) is 114 Å². The molecule has 10 heteroatoms. The molecule has 41 heavy (non-hydrogen) atoms. The summed E-state index contributed by atoms with van der Waals surface area (Å²) < 4.78 is 29.8. The van der Waals surface area contributed by atoms with Gasteiger partial charge in [0, 0.05) is 28.6 Å². The van der Waals surface area contributed by atoms with Gasteiger partial charge < -0.3 is 10.2 Å². The van der Waals surface area contributed by atoms with Crippen LogP contribution >= 0.6 is 34.2 Å². The second-order valence-corrected chi connectivity index (χ2v) is 12.7. The number of nitrogens with zero attached hydrogens (tertiary/aromatic N) is 2. The Bertz CT molecular complexity index is 1590. The van der Waals surface area contributed by atoms with E-state index in [0.29, 0.717) is 16.3 Å². The van der Waals surface area contributed by atoms with Crippen LogP contribution in [0.25, 0.3) is 0 Å². The molecule has 0 spiro atoms. The Labute approximate surface area is 259 Å². The highest BCUT2D eigenvalue weighted by molar-refractivity contribution is 14.1. The SMILES string of the molecule is CNC(=O)[C@@H](Cc1ccccc1)N(Cc1ccccc1Cl)C(=O)CN(c1ccc(I)cc1)S(=O)(=O)c1ccccc1. The Morgan fingerprint density at radius 3 is 2.05 bits per heavy atom. The summed E-state index contributed by atoms with van der Waals surface area (Å²) in [6, 6.07) is 30.3. The normalized spacial score (nSPS) is 11.9. The topological polar surface area (TPSA) is 86.8 Å². The number of likely N-dealkylation sites (N-methyl/N-ethyl adjacent to an activating group) is 1. The molecule has 0 aliphatic heterocycles. The van der Waals surface area contributed by atoms with Gasteiger partial charge in [-0.25, -0.2) is 8.42 Å². The van der Waals surface area contributed by atoms with Crippen molar-refractivity contribution in [2.45, 2.75) is 23.9 Å². The zero-order valence-electron chi connectivity index (χ0n) is 22.3. The van der Waals surface area contributed by atoms with Gasteiger partial charge in [-0.15, -0.1) is 0 Å². The number of sulfonamides is 1. The third-order valence-electron chi connectivity index (χ3n) is 6.54. The number of anilines is 1. The second-order valence-electron chi connectivity index (χ2n) is 9.23. The predicted molar refractivity (Wildman–Crippen MR) is 170 cm³/mol. The number of halogens is 2. The zero-order valence-corrected chi connectivity index (χ0v) is 26.0. The first-order valence-corrected chi connectivity index (χ1v) is 15.7. The first kappa shape index (κ1) is 30.5. The van der Waals surface area contributed by atoms with E-state index < -0.39 is 28.5 Å². The fourth-order valence-electron chi connectivity index (χ4n) is 4.39. The van der Waals surface area contributed by atoms with E-state index in [1.165, 1.54) is 24.1 Å². The molecule has 1 N–H and O–H groups in total. The second kappa shape index (κ2) is 14.0. The molecule has 0 aromatic heterocycles. The maximum Gasteiger partial charge on any atom is 0.264 e. The van der Waals surface area contributed by atoms with Gasteiger partial charge in [-0.05, 0) is 76.2 Å². The van der Waals surface area contributed by atoms with Crippen LogP contribution in [0.3, 0.4) is 0 Å². The maximum atomic E-state index is 14.2. The van der Waals surface area contributed by atoms with Crippen molar-refractivity contribution in [2.75, 3.05) is 17.9 Å². The van der Waals surface area contributed by atoms with Crippen LogP contribution in [0.5, 0.6) is 0 Å². The number of hydrogen-bond acceptors (Lipinski definition) is 4. The van der Waals surface area contributed by atoms with Gasteiger partial charge in [-0.1, -0.05) is 78.3 Å². The summed E-state index contributed by atoms with van der Waals surface area (Å²) in [4.78, 5) is 29.0. The minimum Gasteiger partial charge on any atom is -0.357 e. The van der Waals surface area contributed by atoms with E-state index in [9.17, 15) is 18.0 Å². The van der Waals surface area contributed by atoms with Crippen molar-refractivity contribution in [3.63, 3.8) is 0 Å². The van der Waals surface area contributed by atoms with Gasteiger partial charge in [0.2, 0.25) is 11.8 Å². The molecule has 2 amide bonds. The highest BCUT2D eigenvalue weighted by Crippen LogP contribution is 2.26. The van der Waals surface area contributed by atoms with Crippen LogP contribution in [0.2, 0.25) is 5.02 Å². The predicted octanol–water partition coefficient (Wildman–Crippen LogP) is 5.53. The number of nitrogens with one attached hydrogen (secondary N) is 1. The van der Waals surface area contributed by atoms with E-state index in [1.807, 2.05) is 30.3 Å². The van der Waals surface area contributed by atoms with Gasteiger partial charge in [0.05, 0.1) is 10.6 Å². The summed E-state index contributed by atoms with van der Waals surface area (Å²) in [5.41, 5.74) is 1.82. The molecule has 0 saturated carbocycles. The third kappa shape index (κ3) is 7.66. The number of carbonyl (C=O) groups excluding carboxylic acids is 2. The van der Waals surface area contributed by atoms with Gasteiger partial charge in [0.25, 0.3) is 10.0 Å². The average molecular weight is 702 g/mol. The Hall–Kier alpha value is -3.41. The minimum absolute atomic E-state index is 0.00927. The van der Waals surface area contributed by atoms with Crippen molar-refractivity contribution in [1.82, 2.24) is 10.2 Å². The van der Waals surface area contributed by atoms with Crippen molar-refractivity contribution in [2.24, 2.45) is 0 Å². The summed E-state index contributed by atoms with van der Waals surface area (Å²) in [6.07, 6.45) is 0.228. The number of rotatable bonds is 11. The lowest BCUT2D eigenvalue weighted by Crippen LogP contribution is -2.53. The van der Waals surface area contributed by atoms with Crippen LogP contribution in [0.4, 0.5) is 5.69 Å². The van der Waals surface area contributed by atoms with Crippen molar-refractivity contribution >= 4 is 61.7 Å². The Morgan fingerprint density at radius 1 is 0.854 bits per heavy atom. The van der Waals surface area contributed by atoms with Gasteiger partial charge in [-0.3, -0.25) is 13.9 Å². The molecule has 0 aliphatic carbocycles. The van der Waals surface area contributed by atoms with Crippen molar-refractivity contribution in [3.8, 4) is 0 Å². The van der Waals surface area contributed by atoms with E-state index in [0.717, 1.165) is 13.4 Å². The van der Waals surface area contributed by atoms with E-state index in [1.54, 1.807) is 66.7 Å². The largest absolute Gasteiger partial charge is 0.357 e. The van der Waals surface area contributed by atoms with E-state index in [-0.39, 0.29) is 23.8 Å². The molecule has 0 saturated heterocycles. The highest BCUT2D eigenvalue weighted by atomic mass is 127. The first-order chi connectivity index (χ1) is 19.7. The molecule has 0 fully saturated rings. The van der Waals surface area contributed by atoms with Crippen molar-refractivity contribution < 1.29 is 18.0 Å². The molecule has 0 bridgehead atoms. The Morgan fingerprint density at radius 2 is 1.44 bits per heavy atom. The molecular formula is C31H29ClIN3O4S. The van der Waals surface area contributed by atoms with E-state index in [4.69, 9.17) is 11.6 Å². The summed E-state index contributed by atoms with van der Waals surface area (Å²) in [7, 11) is -2.62. The van der Waals surface area contributed by atoms with Gasteiger partial charge in [-0.2, -0.15) is 0 Å². The zero-order chi connectivity index (χ0) is 29.4. The molecule has 1 atom stereocenters. The number of hydrogen-bond donors (Lipinski definition) is 1.